The number of aliphatic carboxylic acids is 1. The van der Waals surface area contributed by atoms with Crippen molar-refractivity contribution in [2.45, 2.75) is 32.1 Å². The number of rotatable bonds is 5. The first kappa shape index (κ1) is 13.9. The van der Waals surface area contributed by atoms with E-state index in [4.69, 9.17) is 0 Å². The molecule has 0 fully saturated rings. The molecule has 1 aliphatic rings. The Kier molecular flexibility index (Phi) is 3.78. The predicted molar refractivity (Wildman–Crippen MR) is 83.5 cm³/mol. The van der Waals surface area contributed by atoms with Gasteiger partial charge in [-0.15, -0.1) is 0 Å². The summed E-state index contributed by atoms with van der Waals surface area (Å²) >= 11 is 0. The van der Waals surface area contributed by atoms with Gasteiger partial charge in [-0.05, 0) is 48.8 Å². The van der Waals surface area contributed by atoms with Crippen LogP contribution in [0.4, 0.5) is 0 Å². The van der Waals surface area contributed by atoms with Crippen LogP contribution in [0.15, 0.2) is 48.5 Å². The van der Waals surface area contributed by atoms with Gasteiger partial charge in [-0.1, -0.05) is 54.1 Å². The molecule has 0 saturated heterocycles. The third-order valence-corrected chi connectivity index (χ3v) is 4.44. The second-order valence-corrected chi connectivity index (χ2v) is 6.06. The highest BCUT2D eigenvalue weighted by Gasteiger charge is 2.30. The molecule has 1 aliphatic carbocycles. The molecular formula is C19H20O2. The first-order valence-corrected chi connectivity index (χ1v) is 7.49. The molecule has 0 amide bonds. The van der Waals surface area contributed by atoms with Gasteiger partial charge in [-0.25, -0.2) is 0 Å². The Labute approximate surface area is 125 Å². The van der Waals surface area contributed by atoms with Crippen LogP contribution in [0.1, 0.15) is 34.6 Å². The van der Waals surface area contributed by atoms with Crippen LogP contribution in [-0.4, -0.2) is 11.1 Å². The van der Waals surface area contributed by atoms with Crippen LogP contribution >= 0.6 is 0 Å². The fourth-order valence-corrected chi connectivity index (χ4v) is 3.31. The third kappa shape index (κ3) is 2.99. The molecule has 0 saturated carbocycles. The number of fused-ring (bicyclic) bond motifs is 1. The molecule has 2 aromatic rings. The topological polar surface area (TPSA) is 37.3 Å². The lowest BCUT2D eigenvalue weighted by Crippen LogP contribution is -2.25. The number of benzene rings is 2. The molecule has 2 heteroatoms. The average molecular weight is 280 g/mol. The Hall–Kier alpha value is -2.09. The zero-order valence-corrected chi connectivity index (χ0v) is 12.3. The summed E-state index contributed by atoms with van der Waals surface area (Å²) in [4.78, 5) is 11.6. The Morgan fingerprint density at radius 2 is 2.05 bits per heavy atom. The maximum absolute atomic E-state index is 11.6. The van der Waals surface area contributed by atoms with E-state index < -0.39 is 5.97 Å². The fraction of sp³-hybridized carbons (Fsp3) is 0.316. The van der Waals surface area contributed by atoms with E-state index in [0.29, 0.717) is 12.3 Å². The van der Waals surface area contributed by atoms with Crippen molar-refractivity contribution < 1.29 is 9.90 Å². The molecule has 2 atom stereocenters. The third-order valence-electron chi connectivity index (χ3n) is 4.44. The van der Waals surface area contributed by atoms with E-state index in [9.17, 15) is 9.90 Å². The van der Waals surface area contributed by atoms with Gasteiger partial charge < -0.3 is 5.11 Å². The lowest BCUT2D eigenvalue weighted by atomic mass is 9.72. The van der Waals surface area contributed by atoms with Gasteiger partial charge in [-0.3, -0.25) is 4.79 Å². The van der Waals surface area contributed by atoms with E-state index in [2.05, 4.69) is 24.3 Å². The van der Waals surface area contributed by atoms with Crippen molar-refractivity contribution >= 4 is 5.97 Å². The summed E-state index contributed by atoms with van der Waals surface area (Å²) in [5, 5.41) is 9.52. The Morgan fingerprint density at radius 1 is 1.24 bits per heavy atom. The van der Waals surface area contributed by atoms with Crippen LogP contribution in [0.3, 0.4) is 0 Å². The van der Waals surface area contributed by atoms with E-state index >= 15 is 0 Å². The number of hydrogen-bond donors (Lipinski definition) is 1. The van der Waals surface area contributed by atoms with E-state index in [1.807, 2.05) is 31.2 Å². The zero-order chi connectivity index (χ0) is 14.8. The Morgan fingerprint density at radius 3 is 2.76 bits per heavy atom. The summed E-state index contributed by atoms with van der Waals surface area (Å²) in [5.74, 6) is -0.571. The minimum Gasteiger partial charge on any atom is -0.481 e. The van der Waals surface area contributed by atoms with Gasteiger partial charge in [-0.2, -0.15) is 0 Å². The predicted octanol–water partition coefficient (Wildman–Crippen LogP) is 3.97. The van der Waals surface area contributed by atoms with E-state index in [1.54, 1.807) is 0 Å². The summed E-state index contributed by atoms with van der Waals surface area (Å²) in [6.07, 6.45) is 2.38. The smallest absolute Gasteiger partial charge is 0.306 e. The summed E-state index contributed by atoms with van der Waals surface area (Å²) in [6.45, 7) is 2.04. The summed E-state index contributed by atoms with van der Waals surface area (Å²) < 4.78 is 0. The highest BCUT2D eigenvalue weighted by atomic mass is 16.4. The molecule has 2 unspecified atom stereocenters. The zero-order valence-electron chi connectivity index (χ0n) is 12.3. The van der Waals surface area contributed by atoms with Crippen molar-refractivity contribution in [1.82, 2.24) is 0 Å². The lowest BCUT2D eigenvalue weighted by molar-refractivity contribution is -0.142. The minimum atomic E-state index is -0.680. The van der Waals surface area contributed by atoms with Crippen molar-refractivity contribution in [3.8, 4) is 0 Å². The van der Waals surface area contributed by atoms with Crippen LogP contribution in [0, 0.1) is 12.8 Å². The van der Waals surface area contributed by atoms with Gasteiger partial charge in [0.15, 0.2) is 0 Å². The highest BCUT2D eigenvalue weighted by Crippen LogP contribution is 2.39. The molecule has 2 aromatic carbocycles. The molecule has 3 rings (SSSR count). The minimum absolute atomic E-state index is 0.301. The Balaban J connectivity index is 1.71. The van der Waals surface area contributed by atoms with Crippen molar-refractivity contribution in [2.24, 2.45) is 5.92 Å². The summed E-state index contributed by atoms with van der Waals surface area (Å²) in [7, 11) is 0. The van der Waals surface area contributed by atoms with E-state index in [-0.39, 0.29) is 5.92 Å². The second-order valence-electron chi connectivity index (χ2n) is 6.06. The molecule has 0 spiro atoms. The first-order chi connectivity index (χ1) is 10.1. The molecule has 0 aliphatic heterocycles. The van der Waals surface area contributed by atoms with Gasteiger partial charge >= 0.3 is 5.97 Å². The number of carboxylic acids is 1. The van der Waals surface area contributed by atoms with Crippen molar-refractivity contribution in [3.05, 3.63) is 70.8 Å². The van der Waals surface area contributed by atoms with Crippen molar-refractivity contribution in [2.75, 3.05) is 0 Å². The molecule has 0 heterocycles. The number of carbonyl (C=O) groups is 1. The number of carboxylic acid groups (broad SMARTS) is 1. The molecular weight excluding hydrogens is 260 g/mol. The van der Waals surface area contributed by atoms with Gasteiger partial charge in [0.2, 0.25) is 0 Å². The van der Waals surface area contributed by atoms with Crippen LogP contribution in [-0.2, 0) is 17.6 Å². The molecule has 21 heavy (non-hydrogen) atoms. The first-order valence-electron chi connectivity index (χ1n) is 7.49. The number of aryl methyl sites for hydroxylation is 1. The summed E-state index contributed by atoms with van der Waals surface area (Å²) in [6, 6.07) is 16.5. The van der Waals surface area contributed by atoms with E-state index in [1.165, 1.54) is 16.7 Å². The normalized spacial score (nSPS) is 17.7. The van der Waals surface area contributed by atoms with Crippen LogP contribution in [0.5, 0.6) is 0 Å². The molecule has 2 nitrogen and oxygen atoms in total. The lowest BCUT2D eigenvalue weighted by Gasteiger charge is -2.32. The quantitative estimate of drug-likeness (QED) is 0.900. The maximum atomic E-state index is 11.6. The fourth-order valence-electron chi connectivity index (χ4n) is 3.31. The monoisotopic (exact) mass is 280 g/mol. The standard InChI is InChI=1S/C19H20O2/c1-13-5-4-6-14(9-13)10-17(19(20)21)12-16-11-15-7-2-3-8-18(15)16/h2-9,16-17H,10-12H2,1H3,(H,20,21). The van der Waals surface area contributed by atoms with Gasteiger partial charge in [0.05, 0.1) is 5.92 Å². The molecule has 108 valence electrons. The van der Waals surface area contributed by atoms with E-state index in [0.717, 1.165) is 18.4 Å². The van der Waals surface area contributed by atoms with Crippen molar-refractivity contribution in [3.63, 3.8) is 0 Å². The molecule has 0 aromatic heterocycles. The largest absolute Gasteiger partial charge is 0.481 e. The van der Waals surface area contributed by atoms with Gasteiger partial charge in [0, 0.05) is 0 Å². The summed E-state index contributed by atoms with van der Waals surface area (Å²) in [5.41, 5.74) is 5.02. The number of hydrogen-bond acceptors (Lipinski definition) is 1. The SMILES string of the molecule is Cc1cccc(CC(CC2Cc3ccccc32)C(=O)O)c1. The maximum Gasteiger partial charge on any atom is 0.306 e. The molecule has 0 radical (unpaired) electrons. The van der Waals surface area contributed by atoms with Crippen molar-refractivity contribution in [1.29, 1.82) is 0 Å². The molecule has 0 bridgehead atoms. The van der Waals surface area contributed by atoms with Crippen LogP contribution in [0.2, 0.25) is 0 Å². The highest BCUT2D eigenvalue weighted by molar-refractivity contribution is 5.70. The average Bonchev–Trinajstić information content (AvgIpc) is 2.43. The van der Waals surface area contributed by atoms with Crippen LogP contribution in [0.25, 0.3) is 0 Å². The Bertz CT molecular complexity index is 660. The second kappa shape index (κ2) is 5.72. The van der Waals surface area contributed by atoms with Crippen LogP contribution < -0.4 is 0 Å². The molecule has 1 N–H and O–H groups in total. The van der Waals surface area contributed by atoms with Gasteiger partial charge in [0.25, 0.3) is 0 Å². The van der Waals surface area contributed by atoms with Gasteiger partial charge in [0.1, 0.15) is 0 Å².